The quantitative estimate of drug-likeness (QED) is 0.843. The summed E-state index contributed by atoms with van der Waals surface area (Å²) in [6.45, 7) is 0.907. The van der Waals surface area contributed by atoms with Crippen LogP contribution in [-0.2, 0) is 15.6 Å². The Kier molecular flexibility index (Phi) is 4.35. The molecule has 0 radical (unpaired) electrons. The molecule has 1 aromatic carbocycles. The maximum atomic E-state index is 12.5. The van der Waals surface area contributed by atoms with Crippen LogP contribution in [0.15, 0.2) is 24.3 Å². The van der Waals surface area contributed by atoms with Crippen molar-refractivity contribution in [3.8, 4) is 5.75 Å². The molecule has 2 fully saturated rings. The number of nitrogens with zero attached hydrogens (tertiary/aromatic N) is 1. The molecule has 1 amide bonds. The Hall–Kier alpha value is -1.57. The Balaban J connectivity index is 1.68. The second-order valence-electron chi connectivity index (χ2n) is 5.71. The lowest BCUT2D eigenvalue weighted by atomic mass is 10.1. The molecular weight excluding hydrogens is 331 g/mol. The molecule has 1 heterocycles. The summed E-state index contributed by atoms with van der Waals surface area (Å²) < 4.78 is 52.8. The number of benzene rings is 1. The third-order valence-electron chi connectivity index (χ3n) is 4.14. The van der Waals surface area contributed by atoms with Gasteiger partial charge < -0.3 is 9.64 Å². The number of rotatable bonds is 3. The smallest absolute Gasteiger partial charge is 0.405 e. The number of carbonyl (C=O) groups excluding carboxylic acids is 1. The SMILES string of the molecule is O=C([C@@H]1C[C@H]1c1ccccc1OC(F)(F)F)N1CCS(=O)CC1. The predicted octanol–water partition coefficient (Wildman–Crippen LogP) is 2.28. The molecule has 1 saturated carbocycles. The highest BCUT2D eigenvalue weighted by Crippen LogP contribution is 2.51. The normalized spacial score (nSPS) is 25.3. The van der Waals surface area contributed by atoms with Gasteiger partial charge in [0, 0.05) is 41.3 Å². The van der Waals surface area contributed by atoms with Crippen LogP contribution >= 0.6 is 0 Å². The summed E-state index contributed by atoms with van der Waals surface area (Å²) in [5.74, 6) is 0.0925. The Morgan fingerprint density at radius 1 is 1.22 bits per heavy atom. The number of carbonyl (C=O) groups is 1. The average Bonchev–Trinajstić information content (AvgIpc) is 3.26. The highest BCUT2D eigenvalue weighted by molar-refractivity contribution is 7.85. The van der Waals surface area contributed by atoms with Crippen LogP contribution in [0, 0.1) is 5.92 Å². The summed E-state index contributed by atoms with van der Waals surface area (Å²) in [6, 6.07) is 5.96. The van der Waals surface area contributed by atoms with E-state index in [1.54, 1.807) is 17.0 Å². The molecule has 1 saturated heterocycles. The first-order valence-corrected chi connectivity index (χ1v) is 8.82. The van der Waals surface area contributed by atoms with Crippen LogP contribution in [0.25, 0.3) is 0 Å². The van der Waals surface area contributed by atoms with Gasteiger partial charge in [-0.15, -0.1) is 13.2 Å². The fourth-order valence-electron chi connectivity index (χ4n) is 2.91. The summed E-state index contributed by atoms with van der Waals surface area (Å²) >= 11 is 0. The van der Waals surface area contributed by atoms with Gasteiger partial charge in [-0.3, -0.25) is 9.00 Å². The fourth-order valence-corrected chi connectivity index (χ4v) is 3.96. The Labute approximate surface area is 134 Å². The van der Waals surface area contributed by atoms with Crippen molar-refractivity contribution in [2.75, 3.05) is 24.6 Å². The zero-order valence-corrected chi connectivity index (χ0v) is 13.0. The molecule has 3 rings (SSSR count). The van der Waals surface area contributed by atoms with Crippen molar-refractivity contribution in [2.45, 2.75) is 18.7 Å². The molecule has 126 valence electrons. The van der Waals surface area contributed by atoms with Gasteiger partial charge in [-0.05, 0) is 24.0 Å². The molecule has 0 aromatic heterocycles. The molecule has 2 aliphatic rings. The van der Waals surface area contributed by atoms with Crippen LogP contribution in [-0.4, -0.2) is 46.0 Å². The van der Waals surface area contributed by atoms with Gasteiger partial charge in [0.1, 0.15) is 5.75 Å². The number of ether oxygens (including phenoxy) is 1. The molecule has 0 bridgehead atoms. The third-order valence-corrected chi connectivity index (χ3v) is 5.42. The van der Waals surface area contributed by atoms with Crippen LogP contribution in [0.4, 0.5) is 13.2 Å². The average molecular weight is 347 g/mol. The maximum absolute atomic E-state index is 12.5. The van der Waals surface area contributed by atoms with Crippen molar-refractivity contribution in [3.05, 3.63) is 29.8 Å². The molecule has 0 unspecified atom stereocenters. The van der Waals surface area contributed by atoms with E-state index in [9.17, 15) is 22.2 Å². The van der Waals surface area contributed by atoms with E-state index in [1.165, 1.54) is 12.1 Å². The minimum Gasteiger partial charge on any atom is -0.405 e. The lowest BCUT2D eigenvalue weighted by molar-refractivity contribution is -0.274. The van der Waals surface area contributed by atoms with Gasteiger partial charge in [-0.1, -0.05) is 18.2 Å². The summed E-state index contributed by atoms with van der Waals surface area (Å²) in [5.41, 5.74) is 0.420. The minimum atomic E-state index is -4.75. The van der Waals surface area contributed by atoms with E-state index in [4.69, 9.17) is 0 Å². The van der Waals surface area contributed by atoms with Crippen LogP contribution in [0.1, 0.15) is 17.9 Å². The molecule has 2 atom stereocenters. The van der Waals surface area contributed by atoms with Crippen molar-refractivity contribution < 1.29 is 26.9 Å². The summed E-state index contributed by atoms with van der Waals surface area (Å²) in [5, 5.41) is 0. The van der Waals surface area contributed by atoms with E-state index in [2.05, 4.69) is 4.74 Å². The third kappa shape index (κ3) is 3.85. The first kappa shape index (κ1) is 16.3. The first-order chi connectivity index (χ1) is 10.8. The van der Waals surface area contributed by atoms with Gasteiger partial charge >= 0.3 is 6.36 Å². The van der Waals surface area contributed by atoms with Crippen molar-refractivity contribution in [3.63, 3.8) is 0 Å². The van der Waals surface area contributed by atoms with E-state index in [0.717, 1.165) is 0 Å². The van der Waals surface area contributed by atoms with E-state index in [0.29, 0.717) is 36.6 Å². The van der Waals surface area contributed by atoms with Gasteiger partial charge in [0.05, 0.1) is 0 Å². The van der Waals surface area contributed by atoms with Gasteiger partial charge in [0.2, 0.25) is 5.91 Å². The Morgan fingerprint density at radius 3 is 2.52 bits per heavy atom. The molecule has 0 N–H and O–H groups in total. The Morgan fingerprint density at radius 2 is 1.87 bits per heavy atom. The van der Waals surface area contributed by atoms with Gasteiger partial charge in [-0.2, -0.15) is 0 Å². The predicted molar refractivity (Wildman–Crippen MR) is 78.4 cm³/mol. The molecule has 0 spiro atoms. The van der Waals surface area contributed by atoms with Gasteiger partial charge in [0.15, 0.2) is 0 Å². The maximum Gasteiger partial charge on any atom is 0.573 e. The van der Waals surface area contributed by atoms with Crippen LogP contribution < -0.4 is 4.74 Å². The zero-order chi connectivity index (χ0) is 16.6. The standard InChI is InChI=1S/C15H16F3NO3S/c16-15(17,18)22-13-4-2-1-3-10(13)11-9-12(11)14(20)19-5-7-23(21)8-6-19/h1-4,11-12H,5-9H2/t11-,12+/m0/s1. The highest BCUT2D eigenvalue weighted by atomic mass is 32.2. The number of halogens is 3. The van der Waals surface area contributed by atoms with Crippen LogP contribution in [0.2, 0.25) is 0 Å². The highest BCUT2D eigenvalue weighted by Gasteiger charge is 2.48. The molecular formula is C15H16F3NO3S. The molecule has 1 aliphatic heterocycles. The van der Waals surface area contributed by atoms with Gasteiger partial charge in [-0.25, -0.2) is 0 Å². The minimum absolute atomic E-state index is 0.0616. The summed E-state index contributed by atoms with van der Waals surface area (Å²) in [7, 11) is -0.869. The van der Waals surface area contributed by atoms with Gasteiger partial charge in [0.25, 0.3) is 0 Å². The van der Waals surface area contributed by atoms with Crippen LogP contribution in [0.3, 0.4) is 0 Å². The monoisotopic (exact) mass is 347 g/mol. The number of hydrogen-bond acceptors (Lipinski definition) is 3. The first-order valence-electron chi connectivity index (χ1n) is 7.33. The van der Waals surface area contributed by atoms with E-state index in [1.807, 2.05) is 0 Å². The lowest BCUT2D eigenvalue weighted by Gasteiger charge is -2.26. The molecule has 1 aliphatic carbocycles. The zero-order valence-electron chi connectivity index (χ0n) is 12.2. The lowest BCUT2D eigenvalue weighted by Crippen LogP contribution is -2.42. The number of para-hydroxylation sites is 1. The summed E-state index contributed by atoms with van der Waals surface area (Å²) in [4.78, 5) is 14.1. The molecule has 1 aromatic rings. The molecule has 8 heteroatoms. The van der Waals surface area contributed by atoms with Crippen molar-refractivity contribution in [1.82, 2.24) is 4.90 Å². The summed E-state index contributed by atoms with van der Waals surface area (Å²) in [6.07, 6.45) is -4.22. The second kappa shape index (κ2) is 6.14. The van der Waals surface area contributed by atoms with E-state index < -0.39 is 17.2 Å². The molecule has 23 heavy (non-hydrogen) atoms. The fraction of sp³-hybridized carbons (Fsp3) is 0.533. The molecule has 4 nitrogen and oxygen atoms in total. The number of hydrogen-bond donors (Lipinski definition) is 0. The van der Waals surface area contributed by atoms with Crippen molar-refractivity contribution in [1.29, 1.82) is 0 Å². The van der Waals surface area contributed by atoms with Crippen molar-refractivity contribution >= 4 is 16.7 Å². The van der Waals surface area contributed by atoms with E-state index in [-0.39, 0.29) is 23.5 Å². The number of amides is 1. The van der Waals surface area contributed by atoms with Crippen molar-refractivity contribution in [2.24, 2.45) is 5.92 Å². The van der Waals surface area contributed by atoms with Crippen LogP contribution in [0.5, 0.6) is 5.75 Å². The second-order valence-corrected chi connectivity index (χ2v) is 7.40. The topological polar surface area (TPSA) is 46.6 Å². The Bertz CT molecular complexity index is 625. The largest absolute Gasteiger partial charge is 0.573 e. The number of alkyl halides is 3. The van der Waals surface area contributed by atoms with E-state index >= 15 is 0 Å².